The zero-order valence-corrected chi connectivity index (χ0v) is 10.00. The van der Waals surface area contributed by atoms with Gasteiger partial charge in [-0.15, -0.1) is 0 Å². The maximum atomic E-state index is 13.2. The van der Waals surface area contributed by atoms with Crippen LogP contribution < -0.4 is 5.32 Å². The smallest absolute Gasteiger partial charge is 0.319 e. The number of carbonyl (C=O) groups is 2. The molecule has 18 heavy (non-hydrogen) atoms. The highest BCUT2D eigenvalue weighted by Crippen LogP contribution is 2.42. The maximum Gasteiger partial charge on any atom is 0.319 e. The van der Waals surface area contributed by atoms with Crippen LogP contribution in [-0.2, 0) is 9.59 Å². The number of rotatable bonds is 3. The Morgan fingerprint density at radius 1 is 1.33 bits per heavy atom. The Hall–Kier alpha value is -1.91. The number of anilines is 1. The van der Waals surface area contributed by atoms with E-state index in [1.807, 2.05) is 0 Å². The summed E-state index contributed by atoms with van der Waals surface area (Å²) >= 11 is 0. The van der Waals surface area contributed by atoms with E-state index in [1.54, 1.807) is 13.0 Å². The van der Waals surface area contributed by atoms with E-state index in [2.05, 4.69) is 5.32 Å². The second kappa shape index (κ2) is 4.40. The Balaban J connectivity index is 2.18. The molecule has 0 unspecified atom stereocenters. The van der Waals surface area contributed by atoms with Gasteiger partial charge in [-0.05, 0) is 43.5 Å². The molecule has 1 saturated carbocycles. The van der Waals surface area contributed by atoms with Gasteiger partial charge in [0.2, 0.25) is 5.91 Å². The van der Waals surface area contributed by atoms with E-state index in [-0.39, 0.29) is 0 Å². The Labute approximate surface area is 104 Å². The lowest BCUT2D eigenvalue weighted by Gasteiger charge is -2.35. The molecular weight excluding hydrogens is 237 g/mol. The molecule has 2 rings (SSSR count). The molecule has 1 amide bonds. The number of carbonyl (C=O) groups excluding carboxylic acids is 1. The number of hydrogen-bond donors (Lipinski definition) is 2. The van der Waals surface area contributed by atoms with Crippen molar-refractivity contribution in [2.75, 3.05) is 5.32 Å². The first-order valence-corrected chi connectivity index (χ1v) is 5.76. The van der Waals surface area contributed by atoms with Crippen molar-refractivity contribution in [2.45, 2.75) is 26.2 Å². The summed E-state index contributed by atoms with van der Waals surface area (Å²) < 4.78 is 13.2. The predicted molar refractivity (Wildman–Crippen MR) is 63.7 cm³/mol. The van der Waals surface area contributed by atoms with Crippen molar-refractivity contribution in [1.29, 1.82) is 0 Å². The molecule has 5 heteroatoms. The normalized spacial score (nSPS) is 16.8. The Morgan fingerprint density at radius 2 is 2.00 bits per heavy atom. The largest absolute Gasteiger partial charge is 0.480 e. The van der Waals surface area contributed by atoms with Crippen LogP contribution in [0.5, 0.6) is 0 Å². The van der Waals surface area contributed by atoms with E-state index in [4.69, 9.17) is 5.11 Å². The first-order valence-electron chi connectivity index (χ1n) is 5.76. The second-order valence-electron chi connectivity index (χ2n) is 4.71. The highest BCUT2D eigenvalue weighted by Gasteiger charge is 2.51. The third-order valence-electron chi connectivity index (χ3n) is 3.35. The van der Waals surface area contributed by atoms with Gasteiger partial charge in [0.1, 0.15) is 11.2 Å². The maximum absolute atomic E-state index is 13.2. The summed E-state index contributed by atoms with van der Waals surface area (Å²) in [5, 5.41) is 11.6. The lowest BCUT2D eigenvalue weighted by Crippen LogP contribution is -2.48. The SMILES string of the molecule is Cc1cc(F)cc(NC(=O)C2(C(=O)O)CCC2)c1. The van der Waals surface area contributed by atoms with Gasteiger partial charge in [0.15, 0.2) is 0 Å². The topological polar surface area (TPSA) is 66.4 Å². The summed E-state index contributed by atoms with van der Waals surface area (Å²) in [7, 11) is 0. The zero-order chi connectivity index (χ0) is 13.3. The summed E-state index contributed by atoms with van der Waals surface area (Å²) in [6, 6.07) is 4.13. The average Bonchev–Trinajstić information content (AvgIpc) is 2.11. The molecule has 1 aliphatic rings. The van der Waals surface area contributed by atoms with Crippen molar-refractivity contribution in [3.63, 3.8) is 0 Å². The third kappa shape index (κ3) is 2.08. The van der Waals surface area contributed by atoms with E-state index in [0.717, 1.165) is 6.42 Å². The molecule has 0 saturated heterocycles. The molecule has 2 N–H and O–H groups in total. The molecule has 1 aromatic rings. The van der Waals surface area contributed by atoms with Crippen molar-refractivity contribution in [3.8, 4) is 0 Å². The van der Waals surface area contributed by atoms with Gasteiger partial charge < -0.3 is 10.4 Å². The van der Waals surface area contributed by atoms with E-state index < -0.39 is 23.1 Å². The van der Waals surface area contributed by atoms with Crippen molar-refractivity contribution in [3.05, 3.63) is 29.6 Å². The molecule has 4 nitrogen and oxygen atoms in total. The van der Waals surface area contributed by atoms with Crippen LogP contribution in [0.1, 0.15) is 24.8 Å². The molecule has 0 aromatic heterocycles. The number of carboxylic acids is 1. The number of benzene rings is 1. The highest BCUT2D eigenvalue weighted by atomic mass is 19.1. The molecule has 0 heterocycles. The van der Waals surface area contributed by atoms with Crippen molar-refractivity contribution in [1.82, 2.24) is 0 Å². The molecule has 0 radical (unpaired) electrons. The van der Waals surface area contributed by atoms with E-state index in [0.29, 0.717) is 24.1 Å². The minimum Gasteiger partial charge on any atom is -0.480 e. The van der Waals surface area contributed by atoms with Crippen LogP contribution in [0.3, 0.4) is 0 Å². The number of amides is 1. The highest BCUT2D eigenvalue weighted by molar-refractivity contribution is 6.09. The van der Waals surface area contributed by atoms with Gasteiger partial charge in [-0.1, -0.05) is 6.42 Å². The molecule has 0 atom stereocenters. The van der Waals surface area contributed by atoms with Crippen LogP contribution in [0.25, 0.3) is 0 Å². The Morgan fingerprint density at radius 3 is 2.44 bits per heavy atom. The summed E-state index contributed by atoms with van der Waals surface area (Å²) in [5.74, 6) is -2.13. The van der Waals surface area contributed by atoms with Gasteiger partial charge >= 0.3 is 5.97 Å². The molecule has 1 aromatic carbocycles. The summed E-state index contributed by atoms with van der Waals surface area (Å²) in [4.78, 5) is 23.1. The lowest BCUT2D eigenvalue weighted by atomic mass is 9.68. The van der Waals surface area contributed by atoms with Crippen molar-refractivity contribution >= 4 is 17.6 Å². The molecule has 96 valence electrons. The number of halogens is 1. The average molecular weight is 251 g/mol. The predicted octanol–water partition coefficient (Wildman–Crippen LogP) is 2.33. The summed E-state index contributed by atoms with van der Waals surface area (Å²) in [5.41, 5.74) is -0.367. The second-order valence-corrected chi connectivity index (χ2v) is 4.71. The van der Waals surface area contributed by atoms with E-state index >= 15 is 0 Å². The quantitative estimate of drug-likeness (QED) is 0.810. The molecule has 1 aliphatic carbocycles. The summed E-state index contributed by atoms with van der Waals surface area (Å²) in [6.07, 6.45) is 1.40. The lowest BCUT2D eigenvalue weighted by molar-refractivity contribution is -0.159. The van der Waals surface area contributed by atoms with Crippen LogP contribution in [0.4, 0.5) is 10.1 Å². The number of hydrogen-bond acceptors (Lipinski definition) is 2. The monoisotopic (exact) mass is 251 g/mol. The van der Waals surface area contributed by atoms with Gasteiger partial charge in [-0.3, -0.25) is 9.59 Å². The zero-order valence-electron chi connectivity index (χ0n) is 10.00. The molecule has 0 spiro atoms. The van der Waals surface area contributed by atoms with Crippen LogP contribution in [0.15, 0.2) is 18.2 Å². The van der Waals surface area contributed by atoms with Crippen LogP contribution in [0, 0.1) is 18.2 Å². The standard InChI is InChI=1S/C13H14FNO3/c1-8-5-9(14)7-10(6-8)15-11(16)13(12(17)18)3-2-4-13/h5-7H,2-4H2,1H3,(H,15,16)(H,17,18). The number of nitrogens with one attached hydrogen (secondary N) is 1. The van der Waals surface area contributed by atoms with E-state index in [9.17, 15) is 14.0 Å². The van der Waals surface area contributed by atoms with Crippen molar-refractivity contribution < 1.29 is 19.1 Å². The minimum atomic E-state index is -1.33. The third-order valence-corrected chi connectivity index (χ3v) is 3.35. The van der Waals surface area contributed by atoms with Crippen LogP contribution in [-0.4, -0.2) is 17.0 Å². The van der Waals surface area contributed by atoms with Crippen molar-refractivity contribution in [2.24, 2.45) is 5.41 Å². The van der Waals surface area contributed by atoms with Gasteiger partial charge in [0, 0.05) is 5.69 Å². The minimum absolute atomic E-state index is 0.296. The fourth-order valence-corrected chi connectivity index (χ4v) is 2.13. The molecule has 0 aliphatic heterocycles. The Bertz CT molecular complexity index is 489. The van der Waals surface area contributed by atoms with Crippen LogP contribution in [0.2, 0.25) is 0 Å². The first-order chi connectivity index (χ1) is 8.44. The first kappa shape index (κ1) is 12.5. The Kier molecular flexibility index (Phi) is 3.07. The summed E-state index contributed by atoms with van der Waals surface area (Å²) in [6.45, 7) is 1.70. The van der Waals surface area contributed by atoms with Gasteiger partial charge in [0.05, 0.1) is 0 Å². The number of aryl methyl sites for hydroxylation is 1. The number of carboxylic acid groups (broad SMARTS) is 1. The fraction of sp³-hybridized carbons (Fsp3) is 0.385. The van der Waals surface area contributed by atoms with E-state index in [1.165, 1.54) is 12.1 Å². The molecule has 1 fully saturated rings. The van der Waals surface area contributed by atoms with Crippen LogP contribution >= 0.6 is 0 Å². The fourth-order valence-electron chi connectivity index (χ4n) is 2.13. The van der Waals surface area contributed by atoms with Gasteiger partial charge in [-0.2, -0.15) is 0 Å². The van der Waals surface area contributed by atoms with Gasteiger partial charge in [0.25, 0.3) is 0 Å². The molecule has 0 bridgehead atoms. The molecular formula is C13H14FNO3. The van der Waals surface area contributed by atoms with Gasteiger partial charge in [-0.25, -0.2) is 4.39 Å². The number of aliphatic carboxylic acids is 1.